The number of hydrogen-bond acceptors (Lipinski definition) is 4. The lowest BCUT2D eigenvalue weighted by molar-refractivity contribution is 0.0300. The molecule has 2 aliphatic rings. The van der Waals surface area contributed by atoms with Crippen molar-refractivity contribution in [3.05, 3.63) is 17.0 Å². The standard InChI is InChI=1S/C19H31N3O4S/c1-14-17(19(23)22-10-12-26-13-11-22)18(15(2)21(14)3)27(24,25)20-16-8-6-4-5-7-9-16/h16,20H,4-13H2,1-3H3. The molecule has 1 aromatic rings. The third kappa shape index (κ3) is 4.22. The Morgan fingerprint density at radius 1 is 1.04 bits per heavy atom. The van der Waals surface area contributed by atoms with Gasteiger partial charge in [-0.05, 0) is 26.7 Å². The molecule has 0 radical (unpaired) electrons. The highest BCUT2D eigenvalue weighted by molar-refractivity contribution is 7.89. The van der Waals surface area contributed by atoms with Crippen molar-refractivity contribution in [2.24, 2.45) is 7.05 Å². The van der Waals surface area contributed by atoms with Gasteiger partial charge in [-0.25, -0.2) is 13.1 Å². The van der Waals surface area contributed by atoms with Gasteiger partial charge in [0.15, 0.2) is 0 Å². The van der Waals surface area contributed by atoms with E-state index in [9.17, 15) is 13.2 Å². The van der Waals surface area contributed by atoms with Gasteiger partial charge in [0, 0.05) is 37.6 Å². The van der Waals surface area contributed by atoms with E-state index in [1.54, 1.807) is 16.4 Å². The summed E-state index contributed by atoms with van der Waals surface area (Å²) >= 11 is 0. The maximum atomic E-state index is 13.3. The second-order valence-electron chi connectivity index (χ2n) is 7.65. The Labute approximate surface area is 162 Å². The molecular formula is C19H31N3O4S. The summed E-state index contributed by atoms with van der Waals surface area (Å²) in [6, 6.07) is -0.0521. The quantitative estimate of drug-likeness (QED) is 0.789. The van der Waals surface area contributed by atoms with E-state index >= 15 is 0 Å². The summed E-state index contributed by atoms with van der Waals surface area (Å²) in [4.78, 5) is 15.0. The fourth-order valence-corrected chi connectivity index (χ4v) is 5.92. The number of carbonyl (C=O) groups is 1. The largest absolute Gasteiger partial charge is 0.378 e. The summed E-state index contributed by atoms with van der Waals surface area (Å²) in [5.41, 5.74) is 1.59. The van der Waals surface area contributed by atoms with E-state index in [1.165, 1.54) is 0 Å². The molecule has 3 rings (SSSR count). The molecule has 8 heteroatoms. The van der Waals surface area contributed by atoms with Crippen LogP contribution in [0, 0.1) is 13.8 Å². The van der Waals surface area contributed by atoms with E-state index in [0.29, 0.717) is 43.3 Å². The van der Waals surface area contributed by atoms with Gasteiger partial charge in [0.1, 0.15) is 4.90 Å². The van der Waals surface area contributed by atoms with Gasteiger partial charge in [-0.2, -0.15) is 0 Å². The second kappa shape index (κ2) is 8.32. The molecule has 1 aromatic heterocycles. The van der Waals surface area contributed by atoms with Gasteiger partial charge in [-0.3, -0.25) is 4.79 Å². The van der Waals surface area contributed by atoms with Crippen molar-refractivity contribution in [2.45, 2.75) is 63.3 Å². The third-order valence-corrected chi connectivity index (χ3v) is 7.56. The monoisotopic (exact) mass is 397 g/mol. The molecule has 0 spiro atoms. The summed E-state index contributed by atoms with van der Waals surface area (Å²) in [6.45, 7) is 5.53. The molecule has 0 atom stereocenters. The normalized spacial score (nSPS) is 19.9. The predicted octanol–water partition coefficient (Wildman–Crippen LogP) is 2.12. The lowest BCUT2D eigenvalue weighted by atomic mass is 10.1. The van der Waals surface area contributed by atoms with Crippen LogP contribution in [0.5, 0.6) is 0 Å². The Morgan fingerprint density at radius 2 is 1.63 bits per heavy atom. The van der Waals surface area contributed by atoms with Crippen LogP contribution in [0.15, 0.2) is 4.90 Å². The van der Waals surface area contributed by atoms with Gasteiger partial charge in [0.2, 0.25) is 10.0 Å². The van der Waals surface area contributed by atoms with Crippen LogP contribution in [0.2, 0.25) is 0 Å². The maximum absolute atomic E-state index is 13.3. The van der Waals surface area contributed by atoms with Crippen LogP contribution in [0.1, 0.15) is 60.3 Å². The van der Waals surface area contributed by atoms with Gasteiger partial charge in [0.05, 0.1) is 18.8 Å². The molecule has 1 saturated heterocycles. The maximum Gasteiger partial charge on any atom is 0.257 e. The Bertz CT molecular complexity index is 786. The highest BCUT2D eigenvalue weighted by atomic mass is 32.2. The van der Waals surface area contributed by atoms with Crippen molar-refractivity contribution in [3.63, 3.8) is 0 Å². The Hall–Kier alpha value is -1.38. The van der Waals surface area contributed by atoms with Gasteiger partial charge in [-0.1, -0.05) is 25.7 Å². The first-order valence-corrected chi connectivity index (χ1v) is 11.4. The van der Waals surface area contributed by atoms with Crippen LogP contribution in [-0.2, 0) is 21.8 Å². The Morgan fingerprint density at radius 3 is 2.22 bits per heavy atom. The minimum absolute atomic E-state index is 0.0521. The summed E-state index contributed by atoms with van der Waals surface area (Å²) in [5, 5.41) is 0. The van der Waals surface area contributed by atoms with Crippen molar-refractivity contribution in [1.29, 1.82) is 0 Å². The summed E-state index contributed by atoms with van der Waals surface area (Å²) < 4.78 is 36.6. The Kier molecular flexibility index (Phi) is 6.28. The number of nitrogens with one attached hydrogen (secondary N) is 1. The van der Waals surface area contributed by atoms with Gasteiger partial charge in [-0.15, -0.1) is 0 Å². The molecule has 7 nitrogen and oxygen atoms in total. The molecule has 1 amide bonds. The van der Waals surface area contributed by atoms with Crippen molar-refractivity contribution in [2.75, 3.05) is 26.3 Å². The topological polar surface area (TPSA) is 80.6 Å². The van der Waals surface area contributed by atoms with Crippen LogP contribution in [0.4, 0.5) is 0 Å². The predicted molar refractivity (Wildman–Crippen MR) is 103 cm³/mol. The molecule has 152 valence electrons. The molecule has 0 bridgehead atoms. The zero-order valence-electron chi connectivity index (χ0n) is 16.6. The van der Waals surface area contributed by atoms with Crippen molar-refractivity contribution < 1.29 is 17.9 Å². The van der Waals surface area contributed by atoms with E-state index in [4.69, 9.17) is 4.74 Å². The number of carbonyl (C=O) groups excluding carboxylic acids is 1. The zero-order valence-corrected chi connectivity index (χ0v) is 17.4. The molecule has 0 unspecified atom stereocenters. The highest BCUT2D eigenvalue weighted by Crippen LogP contribution is 2.29. The number of rotatable bonds is 4. The van der Waals surface area contributed by atoms with Gasteiger partial charge in [0.25, 0.3) is 5.91 Å². The van der Waals surface area contributed by atoms with Crippen molar-refractivity contribution in [3.8, 4) is 0 Å². The molecule has 1 aliphatic carbocycles. The average molecular weight is 398 g/mol. The Balaban J connectivity index is 1.96. The second-order valence-corrected chi connectivity index (χ2v) is 9.30. The third-order valence-electron chi connectivity index (χ3n) is 5.88. The fourth-order valence-electron chi connectivity index (χ4n) is 4.10. The number of ether oxygens (including phenoxy) is 1. The summed E-state index contributed by atoms with van der Waals surface area (Å²) in [7, 11) is -1.96. The van der Waals surface area contributed by atoms with Gasteiger partial charge >= 0.3 is 0 Å². The van der Waals surface area contributed by atoms with Crippen LogP contribution in [0.25, 0.3) is 0 Å². The first-order chi connectivity index (χ1) is 12.8. The molecule has 0 aromatic carbocycles. The van der Waals surface area contributed by atoms with E-state index in [2.05, 4.69) is 4.72 Å². The van der Waals surface area contributed by atoms with Crippen LogP contribution in [-0.4, -0.2) is 56.1 Å². The first-order valence-electron chi connectivity index (χ1n) is 9.88. The molecular weight excluding hydrogens is 366 g/mol. The fraction of sp³-hybridized carbons (Fsp3) is 0.737. The number of sulfonamides is 1. The highest BCUT2D eigenvalue weighted by Gasteiger charge is 2.34. The molecule has 2 heterocycles. The zero-order chi connectivity index (χ0) is 19.6. The van der Waals surface area contributed by atoms with E-state index in [0.717, 1.165) is 38.5 Å². The van der Waals surface area contributed by atoms with E-state index in [1.807, 2.05) is 14.0 Å². The number of nitrogens with zero attached hydrogens (tertiary/aromatic N) is 2. The summed E-state index contributed by atoms with van der Waals surface area (Å²) in [6.07, 6.45) is 6.11. The molecule has 2 fully saturated rings. The minimum atomic E-state index is -3.77. The molecule has 1 aliphatic heterocycles. The van der Waals surface area contributed by atoms with Crippen LogP contribution >= 0.6 is 0 Å². The SMILES string of the molecule is Cc1c(C(=O)N2CCOCC2)c(S(=O)(=O)NC2CCCCCC2)c(C)n1C. The first kappa shape index (κ1) is 20.4. The minimum Gasteiger partial charge on any atom is -0.378 e. The average Bonchev–Trinajstić information content (AvgIpc) is 2.83. The number of hydrogen-bond donors (Lipinski definition) is 1. The van der Waals surface area contributed by atoms with Crippen molar-refractivity contribution in [1.82, 2.24) is 14.2 Å². The van der Waals surface area contributed by atoms with Crippen molar-refractivity contribution >= 4 is 15.9 Å². The molecule has 1 saturated carbocycles. The smallest absolute Gasteiger partial charge is 0.257 e. The lowest BCUT2D eigenvalue weighted by Gasteiger charge is -2.27. The number of aromatic nitrogens is 1. The molecule has 1 N–H and O–H groups in total. The lowest BCUT2D eigenvalue weighted by Crippen LogP contribution is -2.42. The van der Waals surface area contributed by atoms with E-state index in [-0.39, 0.29) is 16.8 Å². The van der Waals surface area contributed by atoms with E-state index < -0.39 is 10.0 Å². The number of morpholine rings is 1. The van der Waals surface area contributed by atoms with Gasteiger partial charge < -0.3 is 14.2 Å². The van der Waals surface area contributed by atoms with Crippen LogP contribution in [0.3, 0.4) is 0 Å². The number of amides is 1. The summed E-state index contributed by atoms with van der Waals surface area (Å²) in [5.74, 6) is -0.222. The molecule has 27 heavy (non-hydrogen) atoms. The van der Waals surface area contributed by atoms with Crippen LogP contribution < -0.4 is 4.72 Å².